The Morgan fingerprint density at radius 1 is 1.60 bits per heavy atom. The van der Waals surface area contributed by atoms with Crippen LogP contribution < -0.4 is 11.5 Å². The molecule has 0 fully saturated rings. The lowest BCUT2D eigenvalue weighted by molar-refractivity contribution is 0.100. The maximum Gasteiger partial charge on any atom is 0.254 e. The van der Waals surface area contributed by atoms with Gasteiger partial charge in [-0.15, -0.1) is 0 Å². The molecule has 0 saturated heterocycles. The summed E-state index contributed by atoms with van der Waals surface area (Å²) in [6.45, 7) is 2.11. The first-order chi connectivity index (χ1) is 7.15. The quantitative estimate of drug-likeness (QED) is 0.724. The fraction of sp³-hybridized carbons (Fsp3) is 0.444. The Morgan fingerprint density at radius 3 is 2.87 bits per heavy atom. The van der Waals surface area contributed by atoms with Crippen molar-refractivity contribution >= 4 is 23.5 Å². The number of nitrogens with zero attached hydrogens (tertiary/aromatic N) is 2. The van der Waals surface area contributed by atoms with Crippen LogP contribution >= 0.6 is 11.8 Å². The standard InChI is InChI=1S/C9H14N4OS/c1-2-3-15-5-7-12-4-6(9(11)14)8(10)13-7/h4H,2-3,5H2,1H3,(H2,11,14)(H2,10,12,13). The fourth-order valence-electron chi connectivity index (χ4n) is 1.00. The van der Waals surface area contributed by atoms with Crippen molar-refractivity contribution in [2.24, 2.45) is 5.73 Å². The van der Waals surface area contributed by atoms with Gasteiger partial charge in [0.05, 0.1) is 11.3 Å². The van der Waals surface area contributed by atoms with Crippen molar-refractivity contribution in [1.82, 2.24) is 9.97 Å². The van der Waals surface area contributed by atoms with Crippen LogP contribution in [-0.4, -0.2) is 21.6 Å². The van der Waals surface area contributed by atoms with E-state index in [1.807, 2.05) is 0 Å². The molecular formula is C9H14N4OS. The molecule has 1 aromatic rings. The van der Waals surface area contributed by atoms with Crippen molar-refractivity contribution < 1.29 is 4.79 Å². The highest BCUT2D eigenvalue weighted by Crippen LogP contribution is 2.12. The summed E-state index contributed by atoms with van der Waals surface area (Å²) < 4.78 is 0. The maximum absolute atomic E-state index is 10.9. The molecule has 0 aliphatic carbocycles. The third-order valence-electron chi connectivity index (χ3n) is 1.71. The molecule has 0 aromatic carbocycles. The van der Waals surface area contributed by atoms with E-state index in [-0.39, 0.29) is 11.4 Å². The highest BCUT2D eigenvalue weighted by molar-refractivity contribution is 7.98. The van der Waals surface area contributed by atoms with Crippen LogP contribution in [0.2, 0.25) is 0 Å². The van der Waals surface area contributed by atoms with E-state index < -0.39 is 5.91 Å². The van der Waals surface area contributed by atoms with Crippen LogP contribution in [0.3, 0.4) is 0 Å². The first-order valence-electron chi connectivity index (χ1n) is 4.64. The highest BCUT2D eigenvalue weighted by atomic mass is 32.2. The van der Waals surface area contributed by atoms with Gasteiger partial charge in [0.1, 0.15) is 11.6 Å². The molecule has 0 saturated carbocycles. The molecule has 0 radical (unpaired) electrons. The molecule has 82 valence electrons. The zero-order valence-corrected chi connectivity index (χ0v) is 9.38. The van der Waals surface area contributed by atoms with E-state index >= 15 is 0 Å². The minimum absolute atomic E-state index is 0.157. The van der Waals surface area contributed by atoms with E-state index in [1.165, 1.54) is 6.20 Å². The number of hydrogen-bond acceptors (Lipinski definition) is 5. The molecule has 0 aliphatic rings. The smallest absolute Gasteiger partial charge is 0.254 e. The number of nitrogen functional groups attached to an aromatic ring is 1. The summed E-state index contributed by atoms with van der Waals surface area (Å²) in [5.74, 6) is 1.96. The number of anilines is 1. The van der Waals surface area contributed by atoms with E-state index in [0.717, 1.165) is 12.2 Å². The summed E-state index contributed by atoms with van der Waals surface area (Å²) >= 11 is 1.73. The van der Waals surface area contributed by atoms with Crippen molar-refractivity contribution in [3.8, 4) is 0 Å². The second-order valence-corrected chi connectivity index (χ2v) is 4.11. The van der Waals surface area contributed by atoms with Gasteiger partial charge in [-0.2, -0.15) is 11.8 Å². The molecule has 15 heavy (non-hydrogen) atoms. The molecule has 0 bridgehead atoms. The van der Waals surface area contributed by atoms with E-state index in [0.29, 0.717) is 11.6 Å². The molecule has 1 aromatic heterocycles. The summed E-state index contributed by atoms with van der Waals surface area (Å²) in [6, 6.07) is 0. The Hall–Kier alpha value is -1.30. The third-order valence-corrected chi connectivity index (χ3v) is 2.87. The lowest BCUT2D eigenvalue weighted by atomic mass is 10.3. The molecule has 1 amide bonds. The number of nitrogens with two attached hydrogens (primary N) is 2. The Kier molecular flexibility index (Phi) is 4.36. The van der Waals surface area contributed by atoms with Crippen LogP contribution in [-0.2, 0) is 5.75 Å². The second-order valence-electron chi connectivity index (χ2n) is 3.00. The Morgan fingerprint density at radius 2 is 2.33 bits per heavy atom. The minimum atomic E-state index is -0.597. The number of primary amides is 1. The Balaban J connectivity index is 2.69. The van der Waals surface area contributed by atoms with Crippen LogP contribution in [0.1, 0.15) is 29.5 Å². The highest BCUT2D eigenvalue weighted by Gasteiger charge is 2.08. The lowest BCUT2D eigenvalue weighted by Crippen LogP contribution is -2.15. The summed E-state index contributed by atoms with van der Waals surface area (Å²) in [7, 11) is 0. The van der Waals surface area contributed by atoms with Gasteiger partial charge >= 0.3 is 0 Å². The van der Waals surface area contributed by atoms with Crippen molar-refractivity contribution in [2.75, 3.05) is 11.5 Å². The van der Waals surface area contributed by atoms with E-state index in [9.17, 15) is 4.79 Å². The van der Waals surface area contributed by atoms with Gasteiger partial charge in [-0.3, -0.25) is 4.79 Å². The molecule has 4 N–H and O–H groups in total. The third kappa shape index (κ3) is 3.39. The van der Waals surface area contributed by atoms with Gasteiger partial charge < -0.3 is 11.5 Å². The maximum atomic E-state index is 10.9. The van der Waals surface area contributed by atoms with E-state index in [4.69, 9.17) is 11.5 Å². The minimum Gasteiger partial charge on any atom is -0.383 e. The number of thioether (sulfide) groups is 1. The molecular weight excluding hydrogens is 212 g/mol. The zero-order chi connectivity index (χ0) is 11.3. The average Bonchev–Trinajstić information content (AvgIpc) is 2.17. The molecule has 0 aliphatic heterocycles. The topological polar surface area (TPSA) is 94.9 Å². The summed E-state index contributed by atoms with van der Waals surface area (Å²) in [4.78, 5) is 18.9. The number of hydrogen-bond donors (Lipinski definition) is 2. The fourth-order valence-corrected chi connectivity index (χ4v) is 1.76. The SMILES string of the molecule is CCCSCc1ncc(C(N)=O)c(N)n1. The first kappa shape index (κ1) is 11.8. The molecule has 0 atom stereocenters. The van der Waals surface area contributed by atoms with Crippen LogP contribution in [0.5, 0.6) is 0 Å². The monoisotopic (exact) mass is 226 g/mol. The molecule has 0 unspecified atom stereocenters. The normalized spacial score (nSPS) is 10.2. The van der Waals surface area contributed by atoms with Crippen LogP contribution in [0.4, 0.5) is 5.82 Å². The number of rotatable bonds is 5. The molecule has 6 heteroatoms. The van der Waals surface area contributed by atoms with Crippen molar-refractivity contribution in [1.29, 1.82) is 0 Å². The summed E-state index contributed by atoms with van der Waals surface area (Å²) in [6.07, 6.45) is 2.49. The van der Waals surface area contributed by atoms with Gasteiger partial charge in [0.25, 0.3) is 5.91 Å². The number of carbonyl (C=O) groups excluding carboxylic acids is 1. The van der Waals surface area contributed by atoms with Crippen LogP contribution in [0.15, 0.2) is 6.20 Å². The molecule has 0 spiro atoms. The van der Waals surface area contributed by atoms with Crippen molar-refractivity contribution in [3.63, 3.8) is 0 Å². The Bertz CT molecular complexity index is 356. The largest absolute Gasteiger partial charge is 0.383 e. The van der Waals surface area contributed by atoms with Crippen LogP contribution in [0, 0.1) is 0 Å². The average molecular weight is 226 g/mol. The molecule has 1 heterocycles. The summed E-state index contributed by atoms with van der Waals surface area (Å²) in [5, 5.41) is 0. The van der Waals surface area contributed by atoms with Crippen LogP contribution in [0.25, 0.3) is 0 Å². The van der Waals surface area contributed by atoms with Gasteiger partial charge in [-0.05, 0) is 12.2 Å². The van der Waals surface area contributed by atoms with Gasteiger partial charge in [0, 0.05) is 6.20 Å². The van der Waals surface area contributed by atoms with E-state index in [1.54, 1.807) is 11.8 Å². The van der Waals surface area contributed by atoms with Gasteiger partial charge in [0.2, 0.25) is 0 Å². The second kappa shape index (κ2) is 5.55. The number of amides is 1. The number of carbonyl (C=O) groups is 1. The zero-order valence-electron chi connectivity index (χ0n) is 8.56. The van der Waals surface area contributed by atoms with Gasteiger partial charge in [-0.1, -0.05) is 6.92 Å². The first-order valence-corrected chi connectivity index (χ1v) is 5.79. The summed E-state index contributed by atoms with van der Waals surface area (Å²) in [5.41, 5.74) is 10.8. The molecule has 1 rings (SSSR count). The molecule has 5 nitrogen and oxygen atoms in total. The van der Waals surface area contributed by atoms with Crippen molar-refractivity contribution in [3.05, 3.63) is 17.6 Å². The van der Waals surface area contributed by atoms with Gasteiger partial charge in [0.15, 0.2) is 0 Å². The van der Waals surface area contributed by atoms with Gasteiger partial charge in [-0.25, -0.2) is 9.97 Å². The van der Waals surface area contributed by atoms with Crippen molar-refractivity contribution in [2.45, 2.75) is 19.1 Å². The number of aromatic nitrogens is 2. The predicted octanol–water partition coefficient (Wildman–Crippen LogP) is 0.801. The van der Waals surface area contributed by atoms with E-state index in [2.05, 4.69) is 16.9 Å². The predicted molar refractivity (Wildman–Crippen MR) is 61.4 cm³/mol. The lowest BCUT2D eigenvalue weighted by Gasteiger charge is -2.03. The Labute approximate surface area is 92.7 Å².